The highest BCUT2D eigenvalue weighted by atomic mass is 35.5. The molecule has 0 spiro atoms. The number of carbonyl (C=O) groups is 3. The van der Waals surface area contributed by atoms with Gasteiger partial charge < -0.3 is 10.1 Å². The lowest BCUT2D eigenvalue weighted by atomic mass is 10.1. The Labute approximate surface area is 219 Å². The molecule has 4 rings (SSSR count). The van der Waals surface area contributed by atoms with E-state index in [9.17, 15) is 14.4 Å². The quantitative estimate of drug-likeness (QED) is 0.269. The second-order valence-corrected chi connectivity index (χ2v) is 9.82. The number of benzene rings is 3. The molecule has 0 bridgehead atoms. The lowest BCUT2D eigenvalue weighted by molar-refractivity contribution is -0.120. The van der Waals surface area contributed by atoms with Gasteiger partial charge in [-0.2, -0.15) is 0 Å². The zero-order chi connectivity index (χ0) is 25.8. The maximum Gasteiger partial charge on any atom is 0.340 e. The van der Waals surface area contributed by atoms with Crippen LogP contribution in [0.1, 0.15) is 34.8 Å². The SMILES string of the molecule is CCCOC(=O)c1ccccc1N1C(=O)C(Nc2ccc(Cl)cc2C)=C(Sc2ccc(C)cc2)C1=O. The minimum absolute atomic E-state index is 0.132. The number of amides is 2. The van der Waals surface area contributed by atoms with Gasteiger partial charge >= 0.3 is 5.97 Å². The minimum Gasteiger partial charge on any atom is -0.462 e. The van der Waals surface area contributed by atoms with Crippen LogP contribution in [0.5, 0.6) is 0 Å². The molecule has 0 radical (unpaired) electrons. The van der Waals surface area contributed by atoms with Crippen molar-refractivity contribution in [3.05, 3.63) is 99.0 Å². The zero-order valence-corrected chi connectivity index (χ0v) is 21.7. The molecule has 1 N–H and O–H groups in total. The predicted octanol–water partition coefficient (Wildman–Crippen LogP) is 6.51. The summed E-state index contributed by atoms with van der Waals surface area (Å²) in [5.41, 5.74) is 3.01. The molecule has 184 valence electrons. The van der Waals surface area contributed by atoms with Crippen molar-refractivity contribution in [1.29, 1.82) is 0 Å². The monoisotopic (exact) mass is 520 g/mol. The number of nitrogens with one attached hydrogen (secondary N) is 1. The molecule has 0 aliphatic carbocycles. The number of thioether (sulfide) groups is 1. The summed E-state index contributed by atoms with van der Waals surface area (Å²) >= 11 is 7.30. The molecule has 0 fully saturated rings. The van der Waals surface area contributed by atoms with Crippen molar-refractivity contribution in [1.82, 2.24) is 0 Å². The van der Waals surface area contributed by atoms with E-state index in [1.54, 1.807) is 42.5 Å². The van der Waals surface area contributed by atoms with Crippen molar-refractivity contribution in [2.24, 2.45) is 0 Å². The van der Waals surface area contributed by atoms with Crippen LogP contribution in [-0.2, 0) is 14.3 Å². The molecule has 36 heavy (non-hydrogen) atoms. The fourth-order valence-electron chi connectivity index (χ4n) is 3.67. The maximum absolute atomic E-state index is 13.7. The van der Waals surface area contributed by atoms with Crippen molar-refractivity contribution in [3.63, 3.8) is 0 Å². The standard InChI is InChI=1S/C28H25ClN2O4S/c1-4-15-35-28(34)21-7-5-6-8-23(21)31-26(32)24(30-22-14-11-19(29)16-18(22)3)25(27(31)33)36-20-12-9-17(2)10-13-20/h5-14,16,30H,4,15H2,1-3H3. The molecule has 3 aromatic carbocycles. The largest absolute Gasteiger partial charge is 0.462 e. The first-order valence-corrected chi connectivity index (χ1v) is 12.7. The second kappa shape index (κ2) is 11.0. The molecule has 0 unspecified atom stereocenters. The number of imide groups is 1. The molecule has 0 saturated carbocycles. The lowest BCUT2D eigenvalue weighted by Gasteiger charge is -2.18. The molecule has 2 amide bonds. The van der Waals surface area contributed by atoms with Crippen LogP contribution in [0.4, 0.5) is 11.4 Å². The minimum atomic E-state index is -0.587. The number of rotatable bonds is 8. The van der Waals surface area contributed by atoms with Crippen LogP contribution in [0.3, 0.4) is 0 Å². The average molecular weight is 521 g/mol. The van der Waals surface area contributed by atoms with Gasteiger partial charge in [-0.05, 0) is 68.3 Å². The van der Waals surface area contributed by atoms with Crippen LogP contribution in [0.25, 0.3) is 0 Å². The Hall–Kier alpha value is -3.55. The van der Waals surface area contributed by atoms with E-state index in [0.29, 0.717) is 17.1 Å². The van der Waals surface area contributed by atoms with Gasteiger partial charge in [0.15, 0.2) is 0 Å². The normalized spacial score (nSPS) is 13.4. The number of anilines is 2. The summed E-state index contributed by atoms with van der Waals surface area (Å²) in [7, 11) is 0. The average Bonchev–Trinajstić information content (AvgIpc) is 3.09. The molecule has 8 heteroatoms. The number of hydrogen-bond donors (Lipinski definition) is 1. The Morgan fingerprint density at radius 3 is 2.42 bits per heavy atom. The summed E-state index contributed by atoms with van der Waals surface area (Å²) in [6.45, 7) is 5.97. The van der Waals surface area contributed by atoms with Crippen molar-refractivity contribution >= 4 is 52.5 Å². The van der Waals surface area contributed by atoms with Crippen LogP contribution >= 0.6 is 23.4 Å². The van der Waals surface area contributed by atoms with E-state index in [0.717, 1.165) is 20.9 Å². The van der Waals surface area contributed by atoms with Crippen LogP contribution in [0.15, 0.2) is 82.2 Å². The second-order valence-electron chi connectivity index (χ2n) is 8.30. The van der Waals surface area contributed by atoms with Crippen LogP contribution < -0.4 is 10.2 Å². The Balaban J connectivity index is 1.77. The smallest absolute Gasteiger partial charge is 0.340 e. The molecule has 1 aliphatic rings. The van der Waals surface area contributed by atoms with E-state index in [2.05, 4.69) is 5.32 Å². The maximum atomic E-state index is 13.7. The highest BCUT2D eigenvalue weighted by Crippen LogP contribution is 2.39. The molecule has 1 heterocycles. The van der Waals surface area contributed by atoms with E-state index >= 15 is 0 Å². The first kappa shape index (κ1) is 25.5. The van der Waals surface area contributed by atoms with Crippen molar-refractivity contribution < 1.29 is 19.1 Å². The highest BCUT2D eigenvalue weighted by molar-refractivity contribution is 8.04. The molecule has 0 aromatic heterocycles. The Bertz CT molecular complexity index is 1370. The van der Waals surface area contributed by atoms with Crippen LogP contribution in [0, 0.1) is 13.8 Å². The number of nitrogens with zero attached hydrogens (tertiary/aromatic N) is 1. The van der Waals surface area contributed by atoms with E-state index < -0.39 is 17.8 Å². The summed E-state index contributed by atoms with van der Waals surface area (Å²) in [6.07, 6.45) is 0.656. The fourth-order valence-corrected chi connectivity index (χ4v) is 4.83. The molecule has 0 saturated heterocycles. The Kier molecular flexibility index (Phi) is 7.82. The van der Waals surface area contributed by atoms with Gasteiger partial charge in [-0.1, -0.05) is 60.1 Å². The van der Waals surface area contributed by atoms with Gasteiger partial charge in [0.1, 0.15) is 10.6 Å². The molecule has 0 atom stereocenters. The molecule has 6 nitrogen and oxygen atoms in total. The van der Waals surface area contributed by atoms with Gasteiger partial charge in [-0.15, -0.1) is 0 Å². The number of aryl methyl sites for hydroxylation is 2. The first-order valence-electron chi connectivity index (χ1n) is 11.5. The Morgan fingerprint density at radius 2 is 1.72 bits per heavy atom. The summed E-state index contributed by atoms with van der Waals surface area (Å²) in [6, 6.07) is 19.4. The van der Waals surface area contributed by atoms with Crippen molar-refractivity contribution in [2.45, 2.75) is 32.1 Å². The van der Waals surface area contributed by atoms with Crippen molar-refractivity contribution in [3.8, 4) is 0 Å². The number of carbonyl (C=O) groups excluding carboxylic acids is 3. The van der Waals surface area contributed by atoms with E-state index in [-0.39, 0.29) is 28.5 Å². The van der Waals surface area contributed by atoms with E-state index in [1.165, 1.54) is 11.8 Å². The topological polar surface area (TPSA) is 75.7 Å². The lowest BCUT2D eigenvalue weighted by Crippen LogP contribution is -2.33. The molecular formula is C28H25ClN2O4S. The van der Waals surface area contributed by atoms with Gasteiger partial charge in [-0.25, -0.2) is 9.69 Å². The third kappa shape index (κ3) is 5.32. The zero-order valence-electron chi connectivity index (χ0n) is 20.1. The molecule has 1 aliphatic heterocycles. The predicted molar refractivity (Wildman–Crippen MR) is 143 cm³/mol. The summed E-state index contributed by atoms with van der Waals surface area (Å²) in [5, 5.41) is 3.72. The number of hydrogen-bond acceptors (Lipinski definition) is 6. The highest BCUT2D eigenvalue weighted by Gasteiger charge is 2.42. The van der Waals surface area contributed by atoms with E-state index in [4.69, 9.17) is 16.3 Å². The van der Waals surface area contributed by atoms with Gasteiger partial charge in [0.25, 0.3) is 11.8 Å². The third-order valence-corrected chi connectivity index (χ3v) is 6.86. The summed E-state index contributed by atoms with van der Waals surface area (Å²) in [4.78, 5) is 42.3. The first-order chi connectivity index (χ1) is 17.3. The number of para-hydroxylation sites is 1. The number of ether oxygens (including phenoxy) is 1. The van der Waals surface area contributed by atoms with Gasteiger partial charge in [0.2, 0.25) is 0 Å². The summed E-state index contributed by atoms with van der Waals surface area (Å²) in [5.74, 6) is -1.66. The third-order valence-electron chi connectivity index (χ3n) is 5.53. The van der Waals surface area contributed by atoms with Gasteiger partial charge in [-0.3, -0.25) is 9.59 Å². The van der Waals surface area contributed by atoms with Gasteiger partial charge in [0.05, 0.1) is 17.9 Å². The molecule has 3 aromatic rings. The van der Waals surface area contributed by atoms with Crippen LogP contribution in [-0.4, -0.2) is 24.4 Å². The summed E-state index contributed by atoms with van der Waals surface area (Å²) < 4.78 is 5.30. The van der Waals surface area contributed by atoms with Gasteiger partial charge in [0, 0.05) is 15.6 Å². The molecular weight excluding hydrogens is 496 g/mol. The van der Waals surface area contributed by atoms with Crippen LogP contribution in [0.2, 0.25) is 5.02 Å². The fraction of sp³-hybridized carbons (Fsp3) is 0.179. The van der Waals surface area contributed by atoms with E-state index in [1.807, 2.05) is 45.0 Å². The number of esters is 1. The number of halogens is 1. The van der Waals surface area contributed by atoms with Crippen molar-refractivity contribution in [2.75, 3.05) is 16.8 Å². The Morgan fingerprint density at radius 1 is 1.00 bits per heavy atom.